The Morgan fingerprint density at radius 3 is 2.51 bits per heavy atom. The first-order valence-corrected chi connectivity index (χ1v) is 16.0. The van der Waals surface area contributed by atoms with E-state index in [0.717, 1.165) is 0 Å². The Hall–Kier alpha value is -1.51. The van der Waals surface area contributed by atoms with Crippen LogP contribution in [-0.4, -0.2) is 149 Å². The molecule has 2 unspecified atom stereocenters. The molecule has 0 spiro atoms. The van der Waals surface area contributed by atoms with Crippen molar-refractivity contribution in [3.63, 3.8) is 0 Å². The predicted molar refractivity (Wildman–Crippen MR) is 161 cm³/mol. The molecule has 0 aromatic carbocycles. The summed E-state index contributed by atoms with van der Waals surface area (Å²) in [6.07, 6.45) is -3.48. The fourth-order valence-electron chi connectivity index (χ4n) is 7.45. The lowest BCUT2D eigenvalue weighted by molar-refractivity contribution is -0.297. The zero-order chi connectivity index (χ0) is 32.7. The average Bonchev–Trinajstić information content (AvgIpc) is 2.91. The van der Waals surface area contributed by atoms with E-state index in [-0.39, 0.29) is 25.0 Å². The summed E-state index contributed by atoms with van der Waals surface area (Å²) in [5.74, 6) is -0.991. The maximum Gasteiger partial charge on any atom is 0.249 e. The van der Waals surface area contributed by atoms with Crippen LogP contribution in [0.1, 0.15) is 32.6 Å². The van der Waals surface area contributed by atoms with E-state index in [4.69, 9.17) is 31.4 Å². The second kappa shape index (κ2) is 13.9. The summed E-state index contributed by atoms with van der Waals surface area (Å²) in [7, 11) is 1.60. The Bertz CT molecular complexity index is 1060. The van der Waals surface area contributed by atoms with E-state index >= 15 is 0 Å². The van der Waals surface area contributed by atoms with E-state index in [1.54, 1.807) is 7.05 Å². The minimum Gasteiger partial charge on any atom is -0.492 e. The number of aliphatic hydroxyl groups excluding tert-OH is 3. The van der Waals surface area contributed by atoms with Gasteiger partial charge in [-0.2, -0.15) is 0 Å². The maximum absolute atomic E-state index is 13.1. The number of nitrogens with two attached hydrogens (primary N) is 3. The van der Waals surface area contributed by atoms with Crippen LogP contribution in [0.4, 0.5) is 0 Å². The molecule has 2 saturated carbocycles. The molecule has 0 aromatic rings. The van der Waals surface area contributed by atoms with Gasteiger partial charge in [0.15, 0.2) is 6.29 Å². The van der Waals surface area contributed by atoms with E-state index in [1.165, 1.54) is 6.92 Å². The third-order valence-electron chi connectivity index (χ3n) is 10.2. The largest absolute Gasteiger partial charge is 0.492 e. The number of carbonyl (C=O) groups excluding carboxylic acids is 1. The molecule has 3 aliphatic heterocycles. The van der Waals surface area contributed by atoms with Crippen molar-refractivity contribution in [3.8, 4) is 0 Å². The van der Waals surface area contributed by atoms with Crippen molar-refractivity contribution in [2.45, 2.75) is 111 Å². The summed E-state index contributed by atoms with van der Waals surface area (Å²) in [6, 6.07) is -2.85. The van der Waals surface area contributed by atoms with Crippen LogP contribution in [0, 0.1) is 11.8 Å². The highest BCUT2D eigenvalue weighted by atomic mass is 16.7. The third-order valence-corrected chi connectivity index (χ3v) is 10.2. The summed E-state index contributed by atoms with van der Waals surface area (Å²) in [5, 5.41) is 66.7. The van der Waals surface area contributed by atoms with Crippen LogP contribution in [-0.2, 0) is 19.0 Å². The molecule has 0 aromatic heterocycles. The molecule has 12 atom stereocenters. The number of hydrogen-bond acceptors (Lipinski definition) is 15. The normalized spacial score (nSPS) is 46.3. The van der Waals surface area contributed by atoms with Gasteiger partial charge in [0, 0.05) is 49.6 Å². The topological polar surface area (TPSA) is 272 Å². The van der Waals surface area contributed by atoms with Gasteiger partial charge in [0.25, 0.3) is 0 Å². The first-order chi connectivity index (χ1) is 21.2. The summed E-state index contributed by atoms with van der Waals surface area (Å²) >= 11 is 0. The molecule has 16 heteroatoms. The van der Waals surface area contributed by atoms with E-state index in [0.29, 0.717) is 51.2 Å². The van der Waals surface area contributed by atoms with Crippen molar-refractivity contribution in [1.82, 2.24) is 21.3 Å². The maximum atomic E-state index is 13.1. The van der Waals surface area contributed by atoms with Gasteiger partial charge in [-0.15, -0.1) is 0 Å². The highest BCUT2D eigenvalue weighted by Crippen LogP contribution is 2.37. The van der Waals surface area contributed by atoms with Crippen molar-refractivity contribution in [2.75, 3.05) is 39.8 Å². The van der Waals surface area contributed by atoms with Crippen LogP contribution in [0.25, 0.3) is 0 Å². The molecule has 45 heavy (non-hydrogen) atoms. The van der Waals surface area contributed by atoms with Crippen LogP contribution >= 0.6 is 0 Å². The van der Waals surface area contributed by atoms with Crippen LogP contribution in [0.5, 0.6) is 0 Å². The van der Waals surface area contributed by atoms with Crippen molar-refractivity contribution in [1.29, 1.82) is 0 Å². The molecular formula is C29H53N7O9. The molecule has 2 saturated heterocycles. The monoisotopic (exact) mass is 643 g/mol. The molecule has 4 fully saturated rings. The van der Waals surface area contributed by atoms with Gasteiger partial charge in [-0.05, 0) is 45.7 Å². The standard InChI is InChI=1S/C29H53N7O9/c1-28(41)12-43-27(22(39)25(28)33-2)45-24-18(36-26(40)20(37)13-8-34-9-13)5-17(32)19(21(24)38)23-16(31)4-3-15(44-23)10-35-11-29(42)6-14(30)7-29/h3,13-14,16-25,27,33-35,37-39,41-42H,4-12,30-32H2,1-2H3,(H,36,40)/t14?,16-,17+,18-,19-,20?,21+,22-,23?,24+,25-,27-,28+,29?/m1/s1. The fraction of sp³-hybridized carbons (Fsp3) is 0.897. The molecule has 15 N–H and O–H groups in total. The summed E-state index contributed by atoms with van der Waals surface area (Å²) in [6.45, 7) is 3.07. The summed E-state index contributed by atoms with van der Waals surface area (Å²) < 4.78 is 18.3. The Kier molecular flexibility index (Phi) is 10.8. The number of amides is 1. The zero-order valence-electron chi connectivity index (χ0n) is 26.0. The number of carbonyl (C=O) groups is 1. The second-order valence-electron chi connectivity index (χ2n) is 14.0. The number of ether oxygens (including phenoxy) is 3. The molecule has 5 rings (SSSR count). The van der Waals surface area contributed by atoms with Crippen molar-refractivity contribution >= 4 is 5.91 Å². The quantitative estimate of drug-likeness (QED) is 0.100. The smallest absolute Gasteiger partial charge is 0.249 e. The minimum absolute atomic E-state index is 0.00162. The predicted octanol–water partition coefficient (Wildman–Crippen LogP) is -5.36. The molecule has 0 radical (unpaired) electrons. The first-order valence-electron chi connectivity index (χ1n) is 16.0. The number of aliphatic hydroxyl groups is 5. The fourth-order valence-corrected chi connectivity index (χ4v) is 7.45. The molecule has 2 aliphatic carbocycles. The Morgan fingerprint density at radius 1 is 1.18 bits per heavy atom. The van der Waals surface area contributed by atoms with Crippen molar-refractivity contribution < 1.29 is 44.5 Å². The van der Waals surface area contributed by atoms with E-state index in [9.17, 15) is 30.3 Å². The third kappa shape index (κ3) is 7.48. The van der Waals surface area contributed by atoms with Gasteiger partial charge in [0.05, 0.1) is 36.9 Å². The molecular weight excluding hydrogens is 590 g/mol. The van der Waals surface area contributed by atoms with Gasteiger partial charge in [0.1, 0.15) is 35.8 Å². The molecule has 16 nitrogen and oxygen atoms in total. The molecule has 3 heterocycles. The van der Waals surface area contributed by atoms with E-state index < -0.39 is 84.0 Å². The lowest BCUT2D eigenvalue weighted by atomic mass is 9.72. The SMILES string of the molecule is CN[C@@H]1[C@@H](O)[C@@H](O[C@@H]2[C@@H](O)[C@H](C3OC(CNCC4(O)CC(N)C4)=CC[C@H]3N)[C@@H](N)C[C@H]2NC(=O)C(O)C2CNC2)OC[C@]1(C)O. The first kappa shape index (κ1) is 34.8. The minimum atomic E-state index is -1.39. The van der Waals surface area contributed by atoms with Gasteiger partial charge in [-0.1, -0.05) is 0 Å². The molecule has 5 aliphatic rings. The Labute approximate surface area is 263 Å². The summed E-state index contributed by atoms with van der Waals surface area (Å²) in [4.78, 5) is 13.1. The van der Waals surface area contributed by atoms with E-state index in [2.05, 4.69) is 21.3 Å². The highest BCUT2D eigenvalue weighted by molar-refractivity contribution is 5.81. The Morgan fingerprint density at radius 2 is 1.89 bits per heavy atom. The second-order valence-corrected chi connectivity index (χ2v) is 14.0. The Balaban J connectivity index is 1.31. The van der Waals surface area contributed by atoms with E-state index in [1.807, 2.05) is 6.08 Å². The molecule has 1 amide bonds. The number of rotatable bonds is 11. The van der Waals surface area contributed by atoms with Crippen molar-refractivity contribution in [2.24, 2.45) is 29.0 Å². The number of hydrogen-bond donors (Lipinski definition) is 12. The van der Waals surface area contributed by atoms with Gasteiger partial charge >= 0.3 is 0 Å². The molecule has 0 bridgehead atoms. The molecule has 258 valence electrons. The van der Waals surface area contributed by atoms with Gasteiger partial charge < -0.3 is 78.2 Å². The van der Waals surface area contributed by atoms with Gasteiger partial charge in [-0.3, -0.25) is 4.79 Å². The van der Waals surface area contributed by atoms with Gasteiger partial charge in [-0.25, -0.2) is 0 Å². The average molecular weight is 644 g/mol. The lowest BCUT2D eigenvalue weighted by Crippen LogP contribution is -2.70. The van der Waals surface area contributed by atoms with Crippen LogP contribution in [0.3, 0.4) is 0 Å². The van der Waals surface area contributed by atoms with Gasteiger partial charge in [0.2, 0.25) is 5.91 Å². The number of likely N-dealkylation sites (N-methyl/N-ethyl adjacent to an activating group) is 1. The van der Waals surface area contributed by atoms with Crippen LogP contribution < -0.4 is 38.5 Å². The highest BCUT2D eigenvalue weighted by Gasteiger charge is 2.53. The zero-order valence-corrected chi connectivity index (χ0v) is 26.0. The number of nitrogens with one attached hydrogen (secondary N) is 4. The van der Waals surface area contributed by atoms with Crippen LogP contribution in [0.2, 0.25) is 0 Å². The van der Waals surface area contributed by atoms with Crippen LogP contribution in [0.15, 0.2) is 11.8 Å². The lowest BCUT2D eigenvalue weighted by Gasteiger charge is -2.50. The van der Waals surface area contributed by atoms with Crippen molar-refractivity contribution in [3.05, 3.63) is 11.8 Å². The summed E-state index contributed by atoms with van der Waals surface area (Å²) in [5.41, 5.74) is 16.8.